The van der Waals surface area contributed by atoms with Gasteiger partial charge in [0.2, 0.25) is 0 Å². The molecule has 0 rings (SSSR count). The van der Waals surface area contributed by atoms with Crippen LogP contribution in [-0.2, 0) is 38.0 Å². The third kappa shape index (κ3) is 23.5. The first-order chi connectivity index (χ1) is 15.9. The molecule has 0 aromatic carbocycles. The summed E-state index contributed by atoms with van der Waals surface area (Å²) in [5.74, 6) is 1.66. The summed E-state index contributed by atoms with van der Waals surface area (Å²) in [6.07, 6.45) is 6.63. The van der Waals surface area contributed by atoms with E-state index >= 15 is 0 Å². The molecule has 0 saturated carbocycles. The van der Waals surface area contributed by atoms with Gasteiger partial charge in [-0.05, 0) is 60.9 Å². The zero-order chi connectivity index (χ0) is 25.9. The van der Waals surface area contributed by atoms with Crippen molar-refractivity contribution in [1.82, 2.24) is 4.90 Å². The first-order valence-corrected chi connectivity index (χ1v) is 11.8. The highest BCUT2D eigenvalue weighted by Gasteiger charge is 2.23. The van der Waals surface area contributed by atoms with Gasteiger partial charge < -0.3 is 28.4 Å². The zero-order valence-corrected chi connectivity index (χ0v) is 22.0. The normalized spacial score (nSPS) is 11.9. The minimum atomic E-state index is -0.576. The molecule has 0 heterocycles. The molecule has 198 valence electrons. The second-order valence-electron chi connectivity index (χ2n) is 9.68. The molecule has 0 bridgehead atoms. The Kier molecular flexibility index (Phi) is 17.7. The van der Waals surface area contributed by atoms with Crippen molar-refractivity contribution >= 4 is 11.9 Å². The smallest absolute Gasteiger partial charge is 0.320 e. The highest BCUT2D eigenvalue weighted by molar-refractivity contribution is 5.75. The third-order valence-electron chi connectivity index (χ3n) is 3.86. The Morgan fingerprint density at radius 2 is 1.09 bits per heavy atom. The van der Waals surface area contributed by atoms with Gasteiger partial charge in [-0.25, -0.2) is 0 Å². The number of unbranched alkanes of at least 4 members (excludes halogenated alkanes) is 1. The summed E-state index contributed by atoms with van der Waals surface area (Å²) in [6, 6.07) is 0. The van der Waals surface area contributed by atoms with Gasteiger partial charge in [0.15, 0.2) is 0 Å². The van der Waals surface area contributed by atoms with Crippen LogP contribution in [0.3, 0.4) is 0 Å². The Hall–Kier alpha value is -1.70. The Balaban J connectivity index is 4.01. The number of carbonyl (C=O) groups is 2. The van der Waals surface area contributed by atoms with E-state index < -0.39 is 11.2 Å². The number of rotatable bonds is 19. The lowest BCUT2D eigenvalue weighted by Crippen LogP contribution is -2.40. The predicted molar refractivity (Wildman–Crippen MR) is 129 cm³/mol. The molecule has 0 atom stereocenters. The summed E-state index contributed by atoms with van der Waals surface area (Å²) in [4.78, 5) is 26.2. The van der Waals surface area contributed by atoms with E-state index in [-0.39, 0.29) is 25.0 Å². The molecule has 0 fully saturated rings. The fourth-order valence-corrected chi connectivity index (χ4v) is 2.66. The first kappa shape index (κ1) is 32.3. The van der Waals surface area contributed by atoms with Crippen molar-refractivity contribution in [2.45, 2.75) is 65.6 Å². The SMILES string of the molecule is C#CCOCCOCCOCCOCCCCN(CC(=O)OC(C)(C)C)CC(=O)OC(C)(C)C. The van der Waals surface area contributed by atoms with Crippen molar-refractivity contribution in [2.75, 3.05) is 72.5 Å². The lowest BCUT2D eigenvalue weighted by atomic mass is 10.2. The van der Waals surface area contributed by atoms with Crippen molar-refractivity contribution in [1.29, 1.82) is 0 Å². The van der Waals surface area contributed by atoms with E-state index in [1.54, 1.807) is 4.90 Å². The molecule has 34 heavy (non-hydrogen) atoms. The van der Waals surface area contributed by atoms with Crippen LogP contribution in [0.15, 0.2) is 0 Å². The predicted octanol–water partition coefficient (Wildman–Crippen LogP) is 2.45. The zero-order valence-electron chi connectivity index (χ0n) is 22.0. The standard InChI is InChI=1S/C25H45NO8/c1-8-12-29-14-16-31-18-19-32-17-15-30-13-10-9-11-26(20-22(27)33-24(2,3)4)21-23(28)34-25(5,6)7/h1H,9-21H2,2-7H3. The number of esters is 2. The van der Waals surface area contributed by atoms with Crippen LogP contribution in [0.4, 0.5) is 0 Å². The number of hydrogen-bond acceptors (Lipinski definition) is 9. The highest BCUT2D eigenvalue weighted by atomic mass is 16.6. The van der Waals surface area contributed by atoms with E-state index in [1.165, 1.54) is 0 Å². The Morgan fingerprint density at radius 3 is 1.50 bits per heavy atom. The van der Waals surface area contributed by atoms with Gasteiger partial charge in [0.25, 0.3) is 0 Å². The molecular weight excluding hydrogens is 442 g/mol. The summed E-state index contributed by atoms with van der Waals surface area (Å²) in [5.41, 5.74) is -1.15. The third-order valence-corrected chi connectivity index (χ3v) is 3.86. The van der Waals surface area contributed by atoms with Crippen LogP contribution in [0.2, 0.25) is 0 Å². The van der Waals surface area contributed by atoms with Crippen molar-refractivity contribution in [2.24, 2.45) is 0 Å². The van der Waals surface area contributed by atoms with E-state index in [1.807, 2.05) is 41.5 Å². The first-order valence-electron chi connectivity index (χ1n) is 11.8. The molecular formula is C25H45NO8. The van der Waals surface area contributed by atoms with E-state index in [0.717, 1.165) is 12.8 Å². The molecule has 0 aliphatic rings. The summed E-state index contributed by atoms with van der Waals surface area (Å²) in [7, 11) is 0. The van der Waals surface area contributed by atoms with E-state index in [0.29, 0.717) is 59.4 Å². The van der Waals surface area contributed by atoms with Crippen LogP contribution in [0, 0.1) is 12.3 Å². The summed E-state index contributed by atoms with van der Waals surface area (Å²) in [6.45, 7) is 15.3. The maximum absolute atomic E-state index is 12.2. The van der Waals surface area contributed by atoms with Crippen LogP contribution in [0.25, 0.3) is 0 Å². The molecule has 9 heteroatoms. The largest absolute Gasteiger partial charge is 0.459 e. The van der Waals surface area contributed by atoms with Gasteiger partial charge >= 0.3 is 11.9 Å². The molecule has 0 N–H and O–H groups in total. The van der Waals surface area contributed by atoms with Crippen molar-refractivity contribution in [3.05, 3.63) is 0 Å². The number of carbonyl (C=O) groups excluding carboxylic acids is 2. The molecule has 0 aromatic rings. The quantitative estimate of drug-likeness (QED) is 0.155. The van der Waals surface area contributed by atoms with Crippen LogP contribution >= 0.6 is 0 Å². The number of nitrogens with zero attached hydrogens (tertiary/aromatic N) is 1. The molecule has 0 unspecified atom stereocenters. The van der Waals surface area contributed by atoms with Crippen LogP contribution < -0.4 is 0 Å². The van der Waals surface area contributed by atoms with Crippen LogP contribution in [-0.4, -0.2) is 101 Å². The average Bonchev–Trinajstić information content (AvgIpc) is 2.67. The number of ether oxygens (including phenoxy) is 6. The second kappa shape index (κ2) is 18.6. The fraction of sp³-hybridized carbons (Fsp3) is 0.840. The maximum atomic E-state index is 12.2. The number of hydrogen-bond donors (Lipinski definition) is 0. The van der Waals surface area contributed by atoms with Gasteiger partial charge in [0.05, 0.1) is 52.7 Å². The maximum Gasteiger partial charge on any atom is 0.320 e. The van der Waals surface area contributed by atoms with Gasteiger partial charge in [-0.1, -0.05) is 5.92 Å². The van der Waals surface area contributed by atoms with Crippen LogP contribution in [0.5, 0.6) is 0 Å². The van der Waals surface area contributed by atoms with E-state index in [4.69, 9.17) is 34.8 Å². The monoisotopic (exact) mass is 487 g/mol. The van der Waals surface area contributed by atoms with Crippen molar-refractivity contribution < 1.29 is 38.0 Å². The van der Waals surface area contributed by atoms with Gasteiger partial charge in [0.1, 0.15) is 17.8 Å². The van der Waals surface area contributed by atoms with Crippen molar-refractivity contribution in [3.63, 3.8) is 0 Å². The summed E-state index contributed by atoms with van der Waals surface area (Å²) >= 11 is 0. The molecule has 0 aliphatic heterocycles. The van der Waals surface area contributed by atoms with Gasteiger partial charge in [0, 0.05) is 6.61 Å². The average molecular weight is 488 g/mol. The molecule has 0 saturated heterocycles. The van der Waals surface area contributed by atoms with Crippen molar-refractivity contribution in [3.8, 4) is 12.3 Å². The van der Waals surface area contributed by atoms with Crippen LogP contribution in [0.1, 0.15) is 54.4 Å². The van der Waals surface area contributed by atoms with Gasteiger partial charge in [-0.2, -0.15) is 0 Å². The molecule has 0 radical (unpaired) electrons. The fourth-order valence-electron chi connectivity index (χ4n) is 2.66. The Labute approximate surface area is 205 Å². The lowest BCUT2D eigenvalue weighted by Gasteiger charge is -2.26. The minimum Gasteiger partial charge on any atom is -0.459 e. The van der Waals surface area contributed by atoms with E-state index in [2.05, 4.69) is 5.92 Å². The molecule has 9 nitrogen and oxygen atoms in total. The van der Waals surface area contributed by atoms with E-state index in [9.17, 15) is 9.59 Å². The van der Waals surface area contributed by atoms with Gasteiger partial charge in [-0.15, -0.1) is 6.42 Å². The van der Waals surface area contributed by atoms with Gasteiger partial charge in [-0.3, -0.25) is 14.5 Å². The number of terminal acetylenes is 1. The molecule has 0 aromatic heterocycles. The topological polar surface area (TPSA) is 92.8 Å². The summed E-state index contributed by atoms with van der Waals surface area (Å²) in [5, 5.41) is 0. The molecule has 0 spiro atoms. The Bertz CT molecular complexity index is 559. The lowest BCUT2D eigenvalue weighted by molar-refractivity contribution is -0.159. The highest BCUT2D eigenvalue weighted by Crippen LogP contribution is 2.10. The molecule has 0 aliphatic carbocycles. The minimum absolute atomic E-state index is 0.0311. The summed E-state index contributed by atoms with van der Waals surface area (Å²) < 4.78 is 32.2. The second-order valence-corrected chi connectivity index (χ2v) is 9.68. The Morgan fingerprint density at radius 1 is 0.676 bits per heavy atom. The molecule has 0 amide bonds.